The third kappa shape index (κ3) is 5.60. The Balaban J connectivity index is 1.86. The second kappa shape index (κ2) is 8.39. The summed E-state index contributed by atoms with van der Waals surface area (Å²) in [5.41, 5.74) is 0.612. The molecule has 0 aliphatic carbocycles. The smallest absolute Gasteiger partial charge is 0.410 e. The quantitative estimate of drug-likeness (QED) is 0.660. The zero-order valence-corrected chi connectivity index (χ0v) is 19.0. The van der Waals surface area contributed by atoms with Gasteiger partial charge in [-0.15, -0.1) is 0 Å². The molecule has 0 atom stereocenters. The van der Waals surface area contributed by atoms with Crippen LogP contribution in [0.25, 0.3) is 11.3 Å². The van der Waals surface area contributed by atoms with Gasteiger partial charge < -0.3 is 14.5 Å². The Morgan fingerprint density at radius 2 is 1.80 bits per heavy atom. The highest BCUT2D eigenvalue weighted by molar-refractivity contribution is 7.90. The molecule has 0 bridgehead atoms. The predicted molar refractivity (Wildman–Crippen MR) is 116 cm³/mol. The lowest BCUT2D eigenvalue weighted by molar-refractivity contribution is 0.0240. The number of ether oxygens (including phenoxy) is 1. The van der Waals surface area contributed by atoms with Crippen LogP contribution in [0.2, 0.25) is 5.15 Å². The molecule has 0 aromatic carbocycles. The number of hydrogen-bond acceptors (Lipinski definition) is 7. The predicted octanol–water partition coefficient (Wildman–Crippen LogP) is 3.26. The number of carbonyl (C=O) groups is 1. The first-order chi connectivity index (χ1) is 13.9. The van der Waals surface area contributed by atoms with Crippen LogP contribution in [-0.2, 0) is 14.6 Å². The van der Waals surface area contributed by atoms with Crippen LogP contribution in [0.5, 0.6) is 0 Å². The Morgan fingerprint density at radius 3 is 2.37 bits per heavy atom. The minimum atomic E-state index is -3.45. The van der Waals surface area contributed by atoms with Crippen molar-refractivity contribution in [1.82, 2.24) is 14.9 Å². The van der Waals surface area contributed by atoms with Crippen molar-refractivity contribution in [2.45, 2.75) is 31.3 Å². The third-order valence-corrected chi connectivity index (χ3v) is 5.79. The fourth-order valence-corrected chi connectivity index (χ4v) is 3.84. The van der Waals surface area contributed by atoms with Gasteiger partial charge in [0.15, 0.2) is 9.84 Å². The van der Waals surface area contributed by atoms with E-state index >= 15 is 0 Å². The standard InChI is InChI=1S/C20H25ClN4O4S/c1-20(2,3)29-19(26)25-9-7-24(8-10-25)18-13-15(30(4,27)28)12-16(23-18)14-5-6-22-17(21)11-14/h5-6,11-13H,7-10H2,1-4H3. The molecule has 0 saturated carbocycles. The zero-order valence-electron chi connectivity index (χ0n) is 17.4. The molecular weight excluding hydrogens is 428 g/mol. The molecule has 30 heavy (non-hydrogen) atoms. The maximum absolute atomic E-state index is 12.3. The number of hydrogen-bond donors (Lipinski definition) is 0. The van der Waals surface area contributed by atoms with Crippen LogP contribution in [0.4, 0.5) is 10.6 Å². The van der Waals surface area contributed by atoms with Crippen LogP contribution in [0, 0.1) is 0 Å². The van der Waals surface area contributed by atoms with Crippen LogP contribution in [-0.4, -0.2) is 67.4 Å². The van der Waals surface area contributed by atoms with Crippen LogP contribution in [0.1, 0.15) is 20.8 Å². The van der Waals surface area contributed by atoms with E-state index in [4.69, 9.17) is 16.3 Å². The van der Waals surface area contributed by atoms with E-state index in [-0.39, 0.29) is 11.0 Å². The first kappa shape index (κ1) is 22.3. The third-order valence-electron chi connectivity index (χ3n) is 4.49. The monoisotopic (exact) mass is 452 g/mol. The summed E-state index contributed by atoms with van der Waals surface area (Å²) in [4.78, 5) is 24.7. The van der Waals surface area contributed by atoms with Gasteiger partial charge >= 0.3 is 6.09 Å². The summed E-state index contributed by atoms with van der Waals surface area (Å²) in [7, 11) is -3.45. The highest BCUT2D eigenvalue weighted by atomic mass is 35.5. The Bertz CT molecular complexity index is 1050. The molecule has 8 nitrogen and oxygen atoms in total. The number of halogens is 1. The number of pyridine rings is 2. The molecule has 0 unspecified atom stereocenters. The first-order valence-corrected chi connectivity index (χ1v) is 11.8. The fourth-order valence-electron chi connectivity index (χ4n) is 3.02. The molecule has 0 N–H and O–H groups in total. The number of anilines is 1. The number of sulfone groups is 1. The minimum absolute atomic E-state index is 0.171. The molecule has 0 spiro atoms. The van der Waals surface area contributed by atoms with E-state index in [1.807, 2.05) is 25.7 Å². The summed E-state index contributed by atoms with van der Waals surface area (Å²) in [5, 5.41) is 0.298. The molecule has 0 radical (unpaired) electrons. The Kier molecular flexibility index (Phi) is 6.24. The molecule has 3 rings (SSSR count). The number of piperazine rings is 1. The number of amides is 1. The normalized spacial score (nSPS) is 15.2. The van der Waals surface area contributed by atoms with Gasteiger partial charge in [-0.3, -0.25) is 0 Å². The summed E-state index contributed by atoms with van der Waals surface area (Å²) in [6.45, 7) is 7.41. The highest BCUT2D eigenvalue weighted by Gasteiger charge is 2.27. The van der Waals surface area contributed by atoms with Crippen LogP contribution >= 0.6 is 11.6 Å². The van der Waals surface area contributed by atoms with Gasteiger partial charge in [-0.05, 0) is 45.0 Å². The maximum atomic E-state index is 12.3. The van der Waals surface area contributed by atoms with E-state index < -0.39 is 15.4 Å². The van der Waals surface area contributed by atoms with Crippen molar-refractivity contribution < 1.29 is 17.9 Å². The SMILES string of the molecule is CC(C)(C)OC(=O)N1CCN(c2cc(S(C)(=O)=O)cc(-c3ccnc(Cl)c3)n2)CC1. The van der Waals surface area contributed by atoms with Gasteiger partial charge in [0, 0.05) is 44.2 Å². The average molecular weight is 453 g/mol. The summed E-state index contributed by atoms with van der Waals surface area (Å²) in [6, 6.07) is 6.46. The van der Waals surface area contributed by atoms with Gasteiger partial charge in [0.1, 0.15) is 16.6 Å². The molecular formula is C20H25ClN4O4S. The first-order valence-electron chi connectivity index (χ1n) is 9.49. The largest absolute Gasteiger partial charge is 0.444 e. The van der Waals surface area contributed by atoms with Crippen LogP contribution in [0.15, 0.2) is 35.4 Å². The van der Waals surface area contributed by atoms with Gasteiger partial charge in [0.25, 0.3) is 0 Å². The van der Waals surface area contributed by atoms with E-state index in [0.29, 0.717) is 48.4 Å². The van der Waals surface area contributed by atoms with E-state index in [2.05, 4.69) is 9.97 Å². The van der Waals surface area contributed by atoms with E-state index in [1.165, 1.54) is 6.07 Å². The summed E-state index contributed by atoms with van der Waals surface area (Å²) >= 11 is 5.99. The number of aromatic nitrogens is 2. The van der Waals surface area contributed by atoms with Crippen molar-refractivity contribution in [3.63, 3.8) is 0 Å². The average Bonchev–Trinajstić information content (AvgIpc) is 2.66. The molecule has 162 valence electrons. The number of carbonyl (C=O) groups excluding carboxylic acids is 1. The summed E-state index contributed by atoms with van der Waals surface area (Å²) in [5.74, 6) is 0.532. The van der Waals surface area contributed by atoms with Crippen LogP contribution < -0.4 is 4.90 Å². The second-order valence-electron chi connectivity index (χ2n) is 8.14. The van der Waals surface area contributed by atoms with Gasteiger partial charge in [-0.1, -0.05) is 11.6 Å². The summed E-state index contributed by atoms with van der Waals surface area (Å²) in [6.07, 6.45) is 2.36. The molecule has 1 aliphatic heterocycles. The highest BCUT2D eigenvalue weighted by Crippen LogP contribution is 2.27. The second-order valence-corrected chi connectivity index (χ2v) is 10.5. The van der Waals surface area contributed by atoms with Gasteiger partial charge in [0.2, 0.25) is 0 Å². The lowest BCUT2D eigenvalue weighted by Crippen LogP contribution is -2.50. The molecule has 3 heterocycles. The van der Waals surface area contributed by atoms with E-state index in [0.717, 1.165) is 6.26 Å². The van der Waals surface area contributed by atoms with Gasteiger partial charge in [0.05, 0.1) is 10.6 Å². The van der Waals surface area contributed by atoms with Gasteiger partial charge in [-0.2, -0.15) is 0 Å². The lowest BCUT2D eigenvalue weighted by Gasteiger charge is -2.36. The van der Waals surface area contributed by atoms with Crippen molar-refractivity contribution >= 4 is 33.3 Å². The van der Waals surface area contributed by atoms with E-state index in [9.17, 15) is 13.2 Å². The van der Waals surface area contributed by atoms with Crippen molar-refractivity contribution in [2.75, 3.05) is 37.3 Å². The summed E-state index contributed by atoms with van der Waals surface area (Å²) < 4.78 is 29.9. The number of rotatable bonds is 3. The Labute approximate surface area is 181 Å². The maximum Gasteiger partial charge on any atom is 0.410 e. The van der Waals surface area contributed by atoms with Crippen molar-refractivity contribution in [2.24, 2.45) is 0 Å². The van der Waals surface area contributed by atoms with Crippen molar-refractivity contribution in [3.8, 4) is 11.3 Å². The Hall–Kier alpha value is -2.39. The topological polar surface area (TPSA) is 92.7 Å². The van der Waals surface area contributed by atoms with Crippen molar-refractivity contribution in [1.29, 1.82) is 0 Å². The molecule has 1 fully saturated rings. The molecule has 1 amide bonds. The molecule has 2 aromatic heterocycles. The van der Waals surface area contributed by atoms with Crippen LogP contribution in [0.3, 0.4) is 0 Å². The van der Waals surface area contributed by atoms with Crippen molar-refractivity contribution in [3.05, 3.63) is 35.6 Å². The number of nitrogens with zero attached hydrogens (tertiary/aromatic N) is 4. The molecule has 10 heteroatoms. The fraction of sp³-hybridized carbons (Fsp3) is 0.450. The molecule has 1 aliphatic rings. The lowest BCUT2D eigenvalue weighted by atomic mass is 10.2. The van der Waals surface area contributed by atoms with E-state index in [1.54, 1.807) is 29.3 Å². The van der Waals surface area contributed by atoms with Gasteiger partial charge in [-0.25, -0.2) is 23.2 Å². The molecule has 1 saturated heterocycles. The Morgan fingerprint density at radius 1 is 1.13 bits per heavy atom. The molecule has 2 aromatic rings. The minimum Gasteiger partial charge on any atom is -0.444 e. The zero-order chi connectivity index (χ0) is 22.1.